The molecule has 5 nitrogen and oxygen atoms in total. The van der Waals surface area contributed by atoms with Crippen LogP contribution in [0.3, 0.4) is 0 Å². The van der Waals surface area contributed by atoms with E-state index in [1.54, 1.807) is 13.8 Å². The van der Waals surface area contributed by atoms with Gasteiger partial charge in [0.2, 0.25) is 5.72 Å². The van der Waals surface area contributed by atoms with Crippen molar-refractivity contribution in [3.8, 4) is 17.2 Å². The summed E-state index contributed by atoms with van der Waals surface area (Å²) in [5.41, 5.74) is -2.29. The van der Waals surface area contributed by atoms with Gasteiger partial charge in [-0.15, -0.1) is 12.1 Å². The van der Waals surface area contributed by atoms with Gasteiger partial charge in [0.25, 0.3) is 0 Å². The molecule has 0 aliphatic rings. The number of quaternary nitrogens is 1. The second-order valence-electron chi connectivity index (χ2n) is 13.3. The van der Waals surface area contributed by atoms with Gasteiger partial charge in [-0.2, -0.15) is 6.07 Å². The third kappa shape index (κ3) is 11.6. The van der Waals surface area contributed by atoms with Crippen molar-refractivity contribution >= 4 is 7.32 Å². The number of halogens is 12. The molecule has 0 aliphatic carbocycles. The van der Waals surface area contributed by atoms with Crippen molar-refractivity contribution in [2.45, 2.75) is 85.3 Å². The Bertz CT molecular complexity index is 1860. The van der Waals surface area contributed by atoms with Crippen molar-refractivity contribution in [1.29, 1.82) is 0 Å². The Labute approximate surface area is 335 Å². The minimum absolute atomic E-state index is 0.00517. The highest BCUT2D eigenvalue weighted by molar-refractivity contribution is 6.39. The lowest BCUT2D eigenvalue weighted by molar-refractivity contribution is -1.01. The summed E-state index contributed by atoms with van der Waals surface area (Å²) in [6, 6.07) is 5.59. The molecule has 0 spiro atoms. The molecule has 0 radical (unpaired) electrons. The van der Waals surface area contributed by atoms with Gasteiger partial charge in [0.05, 0.1) is 32.1 Å². The number of benzene rings is 4. The topological polar surface area (TPSA) is 36.9 Å². The van der Waals surface area contributed by atoms with E-state index in [9.17, 15) is 39.5 Å². The Morgan fingerprint density at radius 3 is 1.25 bits per heavy atom. The fourth-order valence-corrected chi connectivity index (χ4v) is 6.62. The van der Waals surface area contributed by atoms with Gasteiger partial charge in [-0.3, -0.25) is 13.3 Å². The summed E-state index contributed by atoms with van der Waals surface area (Å²) in [5, 5.41) is 0. The summed E-state index contributed by atoms with van der Waals surface area (Å²) in [5.74, 6) is -21.9. The summed E-state index contributed by atoms with van der Waals surface area (Å²) >= 11 is 0. The van der Waals surface area contributed by atoms with Crippen LogP contribution in [0.1, 0.15) is 85.1 Å². The van der Waals surface area contributed by atoms with E-state index in [0.29, 0.717) is 69.2 Å². The molecule has 59 heavy (non-hydrogen) atoms. The Balaban J connectivity index is 0.000000909. The van der Waals surface area contributed by atoms with Crippen LogP contribution in [0.5, 0.6) is 17.2 Å². The average molecular weight is 854 g/mol. The minimum Gasteiger partial charge on any atom is -0.489 e. The monoisotopic (exact) mass is 853 g/mol. The number of rotatable bonds is 20. The molecule has 0 aliphatic heterocycles. The molecular weight excluding hydrogens is 809 g/mol. The standard InChI is InChI=1S/C35H42BF9NO4.C6H2F3/c1-6-11-14-46(15-12-7-2,16-13-8-3)35(9-4,47-10-5)30-29(21-28(41)33(44)34(30)45)50-36(48-22-17-24(37)31(42)25(38)18-22)49-23-19-26(39)32(43)27(40)20-23;7-4-2-1-3-5(8)6(4)9/h17-21H,6-16H2,1-5H3;2-3H/q+1;-1. The zero-order valence-corrected chi connectivity index (χ0v) is 33.0. The van der Waals surface area contributed by atoms with Crippen LogP contribution in [0.15, 0.2) is 42.5 Å². The SMILES string of the molecule is CCCC[N+](CCCC)(CCCC)C(CC)(OCC)c1c(OB(Oc2cc(F)c(F)c(F)c2)Oc2cc(F)c(F)c(F)c2)cc(F)c(F)c1F.Fc1c[c-]cc(F)c1F. The van der Waals surface area contributed by atoms with Gasteiger partial charge in [0, 0.05) is 48.4 Å². The van der Waals surface area contributed by atoms with Crippen molar-refractivity contribution in [1.82, 2.24) is 0 Å². The molecule has 18 heteroatoms. The van der Waals surface area contributed by atoms with Crippen molar-refractivity contribution in [3.05, 3.63) is 124 Å². The lowest BCUT2D eigenvalue weighted by Gasteiger charge is -2.53. The van der Waals surface area contributed by atoms with Crippen molar-refractivity contribution in [2.75, 3.05) is 26.2 Å². The fourth-order valence-electron chi connectivity index (χ4n) is 6.62. The molecule has 0 saturated carbocycles. The molecule has 0 amide bonds. The summed E-state index contributed by atoms with van der Waals surface area (Å²) in [6.45, 7) is 10.6. The Morgan fingerprint density at radius 1 is 0.508 bits per heavy atom. The maximum atomic E-state index is 16.5. The number of unbranched alkanes of at least 4 members (excludes halogenated alkanes) is 3. The van der Waals surface area contributed by atoms with Crippen LogP contribution in [0.4, 0.5) is 52.7 Å². The van der Waals surface area contributed by atoms with Gasteiger partial charge in [-0.25, -0.2) is 43.9 Å². The molecule has 0 heterocycles. The highest BCUT2D eigenvalue weighted by atomic mass is 19.2. The van der Waals surface area contributed by atoms with Gasteiger partial charge in [-0.05, 0) is 26.2 Å². The molecule has 0 N–H and O–H groups in total. The van der Waals surface area contributed by atoms with Crippen LogP contribution in [-0.4, -0.2) is 38.0 Å². The van der Waals surface area contributed by atoms with E-state index in [0.717, 1.165) is 31.4 Å². The number of ether oxygens (including phenoxy) is 1. The first kappa shape index (κ1) is 48.8. The third-order valence-electron chi connectivity index (χ3n) is 9.41. The lowest BCUT2D eigenvalue weighted by Crippen LogP contribution is -2.65. The highest BCUT2D eigenvalue weighted by Gasteiger charge is 2.56. The summed E-state index contributed by atoms with van der Waals surface area (Å²) in [6.07, 6.45) is 4.21. The largest absolute Gasteiger partial charge is 0.864 e. The summed E-state index contributed by atoms with van der Waals surface area (Å²) < 4.78 is 190. The van der Waals surface area contributed by atoms with E-state index in [2.05, 4.69) is 6.07 Å². The molecule has 0 bridgehead atoms. The van der Waals surface area contributed by atoms with E-state index in [1.807, 2.05) is 20.8 Å². The molecule has 324 valence electrons. The molecule has 0 saturated heterocycles. The first-order chi connectivity index (χ1) is 28.0. The van der Waals surface area contributed by atoms with E-state index < -0.39 is 106 Å². The average Bonchev–Trinajstić information content (AvgIpc) is 3.19. The van der Waals surface area contributed by atoms with Gasteiger partial charge in [0.1, 0.15) is 22.8 Å². The normalized spacial score (nSPS) is 12.4. The quantitative estimate of drug-likeness (QED) is 0.0222. The zero-order chi connectivity index (χ0) is 44.1. The number of hydrogen-bond donors (Lipinski definition) is 0. The lowest BCUT2D eigenvalue weighted by atomic mass is 9.90. The van der Waals surface area contributed by atoms with E-state index >= 15 is 13.2 Å². The van der Waals surface area contributed by atoms with Crippen molar-refractivity contribution < 1.29 is 75.9 Å². The van der Waals surface area contributed by atoms with Crippen LogP contribution in [0.2, 0.25) is 0 Å². The van der Waals surface area contributed by atoms with Crippen LogP contribution >= 0.6 is 0 Å². The first-order valence-corrected chi connectivity index (χ1v) is 18.9. The molecule has 4 aromatic carbocycles. The summed E-state index contributed by atoms with van der Waals surface area (Å²) in [7, 11) is -2.40. The number of nitrogens with zero attached hydrogens (tertiary/aromatic N) is 1. The Kier molecular flexibility index (Phi) is 18.3. The Hall–Kier alpha value is -4.58. The van der Waals surface area contributed by atoms with Gasteiger partial charge in [0.15, 0.2) is 52.4 Å². The second kappa shape index (κ2) is 22.1. The molecule has 1 unspecified atom stereocenters. The van der Waals surface area contributed by atoms with Crippen LogP contribution < -0.4 is 14.0 Å². The first-order valence-electron chi connectivity index (χ1n) is 18.9. The predicted molar refractivity (Wildman–Crippen MR) is 195 cm³/mol. The van der Waals surface area contributed by atoms with E-state index in [4.69, 9.17) is 18.7 Å². The summed E-state index contributed by atoms with van der Waals surface area (Å²) in [4.78, 5) is 0. The molecular formula is C41H44BF12NO4. The third-order valence-corrected chi connectivity index (χ3v) is 9.41. The van der Waals surface area contributed by atoms with Gasteiger partial charge >= 0.3 is 7.32 Å². The minimum atomic E-state index is -2.40. The van der Waals surface area contributed by atoms with Crippen LogP contribution in [-0.2, 0) is 10.5 Å². The van der Waals surface area contributed by atoms with E-state index in [1.165, 1.54) is 0 Å². The Morgan fingerprint density at radius 2 is 0.898 bits per heavy atom. The molecule has 1 atom stereocenters. The van der Waals surface area contributed by atoms with Gasteiger partial charge < -0.3 is 18.7 Å². The number of hydrogen-bond acceptors (Lipinski definition) is 4. The maximum Gasteiger partial charge on any atom is 0.864 e. The predicted octanol–water partition coefficient (Wildman–Crippen LogP) is 12.2. The van der Waals surface area contributed by atoms with Gasteiger partial charge in [-0.1, -0.05) is 47.0 Å². The molecule has 4 aromatic rings. The fraction of sp³-hybridized carbons (Fsp3) is 0.415. The van der Waals surface area contributed by atoms with Crippen molar-refractivity contribution in [2.24, 2.45) is 0 Å². The highest BCUT2D eigenvalue weighted by Crippen LogP contribution is 2.48. The van der Waals surface area contributed by atoms with Crippen LogP contribution in [0.25, 0.3) is 0 Å². The maximum absolute atomic E-state index is 16.5. The van der Waals surface area contributed by atoms with E-state index in [-0.39, 0.29) is 17.5 Å². The molecule has 0 aromatic heterocycles. The van der Waals surface area contributed by atoms with Crippen molar-refractivity contribution in [3.63, 3.8) is 0 Å². The molecule has 0 fully saturated rings. The molecule has 4 rings (SSSR count). The van der Waals surface area contributed by atoms with Crippen LogP contribution in [0, 0.1) is 75.9 Å². The smallest absolute Gasteiger partial charge is 0.489 e. The zero-order valence-electron chi connectivity index (χ0n) is 33.0. The second-order valence-corrected chi connectivity index (χ2v) is 13.3.